The lowest BCUT2D eigenvalue weighted by Gasteiger charge is -2.01. The molecule has 0 atom stereocenters. The molecule has 0 bridgehead atoms. The van der Waals surface area contributed by atoms with Gasteiger partial charge in [-0.1, -0.05) is 30.4 Å². The summed E-state index contributed by atoms with van der Waals surface area (Å²) in [6.45, 7) is 8.52. The predicted molar refractivity (Wildman–Crippen MR) is 111 cm³/mol. The highest BCUT2D eigenvalue weighted by atomic mass is 32.1. The number of thiazole rings is 1. The van der Waals surface area contributed by atoms with Gasteiger partial charge in [-0.15, -0.1) is 11.3 Å². The zero-order chi connectivity index (χ0) is 18.8. The van der Waals surface area contributed by atoms with Gasteiger partial charge < -0.3 is 9.40 Å². The first-order chi connectivity index (χ1) is 13.1. The fraction of sp³-hybridized carbons (Fsp3) is 0.143. The fourth-order valence-corrected chi connectivity index (χ4v) is 3.71. The van der Waals surface area contributed by atoms with Crippen molar-refractivity contribution >= 4 is 28.5 Å². The Balaban J connectivity index is 1.83. The normalized spacial score (nSPS) is 12.4. The lowest BCUT2D eigenvalue weighted by Crippen LogP contribution is -2.12. The van der Waals surface area contributed by atoms with E-state index >= 15 is 0 Å². The van der Waals surface area contributed by atoms with Crippen LogP contribution in [-0.2, 0) is 0 Å². The van der Waals surface area contributed by atoms with Gasteiger partial charge in [-0.05, 0) is 32.0 Å². The maximum Gasteiger partial charge on any atom is 0.206 e. The molecule has 0 aliphatic heterocycles. The smallest absolute Gasteiger partial charge is 0.206 e. The van der Waals surface area contributed by atoms with Crippen LogP contribution in [0.1, 0.15) is 18.2 Å². The third kappa shape index (κ3) is 3.44. The van der Waals surface area contributed by atoms with Gasteiger partial charge in [0.1, 0.15) is 5.69 Å². The van der Waals surface area contributed by atoms with E-state index in [1.54, 1.807) is 6.26 Å². The van der Waals surface area contributed by atoms with E-state index in [-0.39, 0.29) is 0 Å². The average molecular weight is 376 g/mol. The molecule has 3 aromatic heterocycles. The largest absolute Gasteiger partial charge is 0.463 e. The number of furan rings is 1. The van der Waals surface area contributed by atoms with Crippen LogP contribution in [-0.4, -0.2) is 22.4 Å². The van der Waals surface area contributed by atoms with E-state index in [0.29, 0.717) is 6.54 Å². The summed E-state index contributed by atoms with van der Waals surface area (Å²) >= 11 is 1.54. The molecule has 136 valence electrons. The molecule has 0 spiro atoms. The first-order valence-electron chi connectivity index (χ1n) is 8.64. The van der Waals surface area contributed by atoms with Crippen LogP contribution in [0.3, 0.4) is 0 Å². The summed E-state index contributed by atoms with van der Waals surface area (Å²) in [5.74, 6) is 0.760. The van der Waals surface area contributed by atoms with E-state index in [4.69, 9.17) is 9.52 Å². The van der Waals surface area contributed by atoms with Gasteiger partial charge in [-0.3, -0.25) is 4.99 Å². The molecule has 6 heteroatoms. The Morgan fingerprint density at radius 3 is 2.93 bits per heavy atom. The number of hydrogen-bond donors (Lipinski definition) is 1. The number of nitrogens with zero attached hydrogens (tertiary/aromatic N) is 3. The van der Waals surface area contributed by atoms with Crippen molar-refractivity contribution in [3.8, 4) is 11.5 Å². The highest BCUT2D eigenvalue weighted by Gasteiger charge is 2.11. The van der Waals surface area contributed by atoms with Crippen molar-refractivity contribution in [1.29, 1.82) is 0 Å². The van der Waals surface area contributed by atoms with Crippen molar-refractivity contribution in [2.24, 2.45) is 10.1 Å². The molecule has 0 radical (unpaired) electrons. The molecule has 0 saturated heterocycles. The maximum atomic E-state index is 5.58. The lowest BCUT2D eigenvalue weighted by atomic mass is 10.1. The molecule has 0 fully saturated rings. The van der Waals surface area contributed by atoms with E-state index in [9.17, 15) is 0 Å². The van der Waals surface area contributed by atoms with Gasteiger partial charge in [-0.2, -0.15) is 5.10 Å². The van der Waals surface area contributed by atoms with Crippen LogP contribution in [0.25, 0.3) is 22.4 Å². The Bertz CT molecular complexity index is 1190. The Morgan fingerprint density at radius 2 is 2.15 bits per heavy atom. The first-order valence-corrected chi connectivity index (χ1v) is 9.52. The minimum absolute atomic E-state index is 0.569. The van der Waals surface area contributed by atoms with Crippen LogP contribution < -0.4 is 4.80 Å². The number of aromatic amines is 1. The van der Waals surface area contributed by atoms with E-state index in [0.717, 1.165) is 44.0 Å². The number of fused-ring (bicyclic) bond motifs is 1. The molecular weight excluding hydrogens is 356 g/mol. The van der Waals surface area contributed by atoms with Crippen molar-refractivity contribution in [1.82, 2.24) is 9.66 Å². The molecule has 0 unspecified atom stereocenters. The van der Waals surface area contributed by atoms with Crippen molar-refractivity contribution in [2.45, 2.75) is 13.8 Å². The van der Waals surface area contributed by atoms with Crippen LogP contribution in [0.4, 0.5) is 0 Å². The summed E-state index contributed by atoms with van der Waals surface area (Å²) in [6, 6.07) is 12.0. The van der Waals surface area contributed by atoms with Crippen LogP contribution in [0, 0.1) is 6.92 Å². The number of hydrogen-bond acceptors (Lipinski definition) is 4. The standard InChI is InChI=1S/C21H20N4OS/c1-14(2)11-22-21-25(19(13-27-21)20-9-6-10-26-20)23-12-17-15(3)24-18-8-5-4-7-16(17)18/h4-10,12-13,24H,1,11H2,2-3H3. The maximum absolute atomic E-state index is 5.58. The number of benzene rings is 1. The quantitative estimate of drug-likeness (QED) is 0.388. The van der Waals surface area contributed by atoms with E-state index < -0.39 is 0 Å². The SMILES string of the molecule is C=C(C)CN=c1scc(-c2ccco2)n1N=Cc1c(C)[nH]c2ccccc12. The Kier molecular flexibility index (Phi) is 4.64. The second kappa shape index (κ2) is 7.25. The summed E-state index contributed by atoms with van der Waals surface area (Å²) in [5.41, 5.74) is 5.13. The number of rotatable bonds is 5. The van der Waals surface area contributed by atoms with E-state index in [1.807, 2.05) is 47.5 Å². The van der Waals surface area contributed by atoms with Crippen LogP contribution in [0.15, 0.2) is 74.7 Å². The van der Waals surface area contributed by atoms with Gasteiger partial charge in [0, 0.05) is 27.5 Å². The molecule has 0 aliphatic rings. The lowest BCUT2D eigenvalue weighted by molar-refractivity contribution is 0.575. The highest BCUT2D eigenvalue weighted by molar-refractivity contribution is 7.07. The zero-order valence-electron chi connectivity index (χ0n) is 15.3. The van der Waals surface area contributed by atoms with E-state index in [1.165, 1.54) is 11.3 Å². The third-order valence-corrected chi connectivity index (χ3v) is 5.04. The zero-order valence-corrected chi connectivity index (χ0v) is 16.1. The van der Waals surface area contributed by atoms with Crippen molar-refractivity contribution < 1.29 is 4.42 Å². The number of H-pyrrole nitrogens is 1. The number of aryl methyl sites for hydroxylation is 1. The minimum Gasteiger partial charge on any atom is -0.463 e. The molecular formula is C21H20N4OS. The fourth-order valence-electron chi connectivity index (χ4n) is 2.90. The Morgan fingerprint density at radius 1 is 1.30 bits per heavy atom. The predicted octanol–water partition coefficient (Wildman–Crippen LogP) is 4.96. The van der Waals surface area contributed by atoms with Crippen LogP contribution in [0.5, 0.6) is 0 Å². The summed E-state index contributed by atoms with van der Waals surface area (Å²) in [4.78, 5) is 8.85. The molecule has 1 N–H and O–H groups in total. The monoisotopic (exact) mass is 376 g/mol. The molecule has 0 saturated carbocycles. The van der Waals surface area contributed by atoms with Crippen molar-refractivity contribution in [3.63, 3.8) is 0 Å². The highest BCUT2D eigenvalue weighted by Crippen LogP contribution is 2.22. The Labute approximate surface area is 161 Å². The number of para-hydroxylation sites is 1. The second-order valence-corrected chi connectivity index (χ2v) is 7.26. The molecule has 0 amide bonds. The molecule has 4 aromatic rings. The van der Waals surface area contributed by atoms with Gasteiger partial charge in [0.05, 0.1) is 19.0 Å². The molecule has 27 heavy (non-hydrogen) atoms. The molecule has 4 rings (SSSR count). The summed E-state index contributed by atoms with van der Waals surface area (Å²) in [5, 5.41) is 7.91. The van der Waals surface area contributed by atoms with E-state index in [2.05, 4.69) is 35.6 Å². The molecule has 3 heterocycles. The Hall–Kier alpha value is -3.12. The first kappa shape index (κ1) is 17.3. The molecule has 1 aromatic carbocycles. The van der Waals surface area contributed by atoms with Gasteiger partial charge in [0.25, 0.3) is 0 Å². The number of nitrogens with one attached hydrogen (secondary N) is 1. The van der Waals surface area contributed by atoms with Gasteiger partial charge in [0.15, 0.2) is 5.76 Å². The minimum atomic E-state index is 0.569. The van der Waals surface area contributed by atoms with Crippen molar-refractivity contribution in [3.05, 3.63) is 76.3 Å². The molecule has 0 aliphatic carbocycles. The van der Waals surface area contributed by atoms with Crippen LogP contribution in [0.2, 0.25) is 0 Å². The average Bonchev–Trinajstić information content (AvgIpc) is 3.36. The van der Waals surface area contributed by atoms with Gasteiger partial charge in [0.2, 0.25) is 4.80 Å². The van der Waals surface area contributed by atoms with Crippen molar-refractivity contribution in [2.75, 3.05) is 6.54 Å². The number of aromatic nitrogens is 2. The van der Waals surface area contributed by atoms with Gasteiger partial charge >= 0.3 is 0 Å². The third-order valence-electron chi connectivity index (χ3n) is 4.19. The summed E-state index contributed by atoms with van der Waals surface area (Å²) < 4.78 is 7.40. The summed E-state index contributed by atoms with van der Waals surface area (Å²) in [6.07, 6.45) is 3.54. The summed E-state index contributed by atoms with van der Waals surface area (Å²) in [7, 11) is 0. The second-order valence-electron chi connectivity index (χ2n) is 6.42. The van der Waals surface area contributed by atoms with Gasteiger partial charge in [-0.25, -0.2) is 4.68 Å². The van der Waals surface area contributed by atoms with Crippen LogP contribution >= 0.6 is 11.3 Å². The molecule has 5 nitrogen and oxygen atoms in total. The topological polar surface area (TPSA) is 58.6 Å².